The lowest BCUT2D eigenvalue weighted by Gasteiger charge is -2.44. The summed E-state index contributed by atoms with van der Waals surface area (Å²) in [6.07, 6.45) is 13.8. The van der Waals surface area contributed by atoms with Gasteiger partial charge in [-0.15, -0.1) is 0 Å². The first-order valence-electron chi connectivity index (χ1n) is 18.8. The molecule has 0 nitrogen and oxygen atoms in total. The highest BCUT2D eigenvalue weighted by Gasteiger charge is 2.39. The Morgan fingerprint density at radius 1 is 0.417 bits per heavy atom. The average Bonchev–Trinajstić information content (AvgIpc) is 3.15. The van der Waals surface area contributed by atoms with Crippen molar-refractivity contribution in [3.8, 4) is 0 Å². The summed E-state index contributed by atoms with van der Waals surface area (Å²) in [6, 6.07) is 53.5. The van der Waals surface area contributed by atoms with Gasteiger partial charge >= 0.3 is 0 Å². The van der Waals surface area contributed by atoms with E-state index in [0.29, 0.717) is 0 Å². The zero-order valence-electron chi connectivity index (χ0n) is 29.7. The maximum atomic E-state index is 2.53. The molecule has 2 heteroatoms. The van der Waals surface area contributed by atoms with Crippen molar-refractivity contribution in [1.82, 2.24) is 0 Å². The van der Waals surface area contributed by atoms with E-state index in [0.717, 1.165) is 11.3 Å². The van der Waals surface area contributed by atoms with Gasteiger partial charge in [-0.05, 0) is 74.5 Å². The summed E-state index contributed by atoms with van der Waals surface area (Å²) in [4.78, 5) is 0. The normalized spacial score (nSPS) is 16.2. The summed E-state index contributed by atoms with van der Waals surface area (Å²) < 4.78 is 0. The van der Waals surface area contributed by atoms with Crippen LogP contribution >= 0.6 is 7.92 Å². The van der Waals surface area contributed by atoms with E-state index in [-0.39, 0.29) is 13.3 Å². The molecular weight excluding hydrogens is 594 g/mol. The molecule has 5 aromatic carbocycles. The minimum Gasteiger partial charge on any atom is -0.195 e. The molecule has 0 bridgehead atoms. The first-order chi connectivity index (χ1) is 23.5. The third-order valence-electron chi connectivity index (χ3n) is 11.4. The van der Waals surface area contributed by atoms with Crippen molar-refractivity contribution in [3.05, 3.63) is 151 Å². The third kappa shape index (κ3) is 7.90. The van der Waals surface area contributed by atoms with Crippen molar-refractivity contribution in [2.75, 3.05) is 0 Å². The van der Waals surface area contributed by atoms with Gasteiger partial charge in [-0.25, -0.2) is 0 Å². The van der Waals surface area contributed by atoms with Gasteiger partial charge in [-0.1, -0.05) is 167 Å². The van der Waals surface area contributed by atoms with Crippen molar-refractivity contribution >= 4 is 41.2 Å². The molecule has 7 rings (SSSR count). The molecule has 248 valence electrons. The van der Waals surface area contributed by atoms with Gasteiger partial charge in [0, 0.05) is 7.92 Å². The van der Waals surface area contributed by atoms with E-state index >= 15 is 0 Å². The molecule has 5 aromatic rings. The average molecular weight is 651 g/mol. The molecule has 0 amide bonds. The van der Waals surface area contributed by atoms with Crippen LogP contribution in [0.25, 0.3) is 0 Å². The van der Waals surface area contributed by atoms with Gasteiger partial charge < -0.3 is 0 Å². The van der Waals surface area contributed by atoms with Gasteiger partial charge in [0.25, 0.3) is 0 Å². The minimum absolute atomic E-state index is 0.279. The minimum atomic E-state index is -1.22. The van der Waals surface area contributed by atoms with E-state index in [1.54, 1.807) is 5.30 Å². The molecular formula is C46H56BP. The molecule has 0 radical (unpaired) electrons. The summed E-state index contributed by atoms with van der Waals surface area (Å²) >= 11 is 0. The SMILES string of the molecule is CC(C)(C)c1ccc([PH+](C2CCCCC2)C2CCCCC2)cc1.c1ccc([B-](c2ccccc2)(c2ccccc2)c2ccccc2)cc1. The van der Waals surface area contributed by atoms with Crippen LogP contribution in [0.4, 0.5) is 0 Å². The number of benzene rings is 5. The van der Waals surface area contributed by atoms with Crippen LogP contribution in [0, 0.1) is 0 Å². The molecule has 2 aliphatic rings. The molecule has 2 aliphatic carbocycles. The van der Waals surface area contributed by atoms with Crippen LogP contribution in [0.3, 0.4) is 0 Å². The Kier molecular flexibility index (Phi) is 11.7. The van der Waals surface area contributed by atoms with E-state index in [2.05, 4.69) is 166 Å². The molecule has 2 fully saturated rings. The Bertz CT molecular complexity index is 1450. The highest BCUT2D eigenvalue weighted by atomic mass is 31.1. The van der Waals surface area contributed by atoms with Gasteiger partial charge in [0.1, 0.15) is 6.15 Å². The molecule has 0 unspecified atom stereocenters. The molecule has 0 spiro atoms. The van der Waals surface area contributed by atoms with Gasteiger partial charge in [0.2, 0.25) is 0 Å². The summed E-state index contributed by atoms with van der Waals surface area (Å²) in [6.45, 7) is 6.99. The molecule has 2 saturated carbocycles. The second-order valence-electron chi connectivity index (χ2n) is 15.5. The molecule has 0 aliphatic heterocycles. The lowest BCUT2D eigenvalue weighted by molar-refractivity contribution is 0.487. The fraction of sp³-hybridized carbons (Fsp3) is 0.348. The largest absolute Gasteiger partial charge is 0.195 e. The van der Waals surface area contributed by atoms with Crippen LogP contribution in [-0.4, -0.2) is 17.5 Å². The Balaban J connectivity index is 0.000000168. The Hall–Kier alpha value is -3.41. The van der Waals surface area contributed by atoms with Crippen molar-refractivity contribution in [2.45, 2.75) is 102 Å². The Labute approximate surface area is 293 Å². The van der Waals surface area contributed by atoms with E-state index in [1.807, 2.05) is 0 Å². The van der Waals surface area contributed by atoms with Crippen LogP contribution in [0.2, 0.25) is 0 Å². The van der Waals surface area contributed by atoms with E-state index in [1.165, 1.54) is 91.6 Å². The van der Waals surface area contributed by atoms with Gasteiger partial charge in [0.15, 0.2) is 0 Å². The van der Waals surface area contributed by atoms with Crippen molar-refractivity contribution in [2.24, 2.45) is 0 Å². The van der Waals surface area contributed by atoms with Gasteiger partial charge in [-0.3, -0.25) is 0 Å². The smallest absolute Gasteiger partial charge is 0.108 e. The van der Waals surface area contributed by atoms with Crippen molar-refractivity contribution in [3.63, 3.8) is 0 Å². The van der Waals surface area contributed by atoms with Crippen molar-refractivity contribution < 1.29 is 0 Å². The lowest BCUT2D eigenvalue weighted by atomic mass is 9.13. The quantitative estimate of drug-likeness (QED) is 0.122. The lowest BCUT2D eigenvalue weighted by Crippen LogP contribution is -2.74. The van der Waals surface area contributed by atoms with E-state index in [4.69, 9.17) is 0 Å². The molecule has 48 heavy (non-hydrogen) atoms. The topological polar surface area (TPSA) is 0 Å². The first kappa shape index (κ1) is 34.5. The molecule has 0 atom stereocenters. The summed E-state index contributed by atoms with van der Waals surface area (Å²) in [7, 11) is -0.385. The standard InChI is InChI=1S/C24H20B.C22H35P/c1-5-13-21(14-6-1)25(22-15-7-2-8-16-22,23-17-9-3-10-18-23)24-19-11-4-12-20-24;1-22(2,3)18-14-16-21(17-15-18)23(19-10-6-4-7-11-19)20-12-8-5-9-13-20/h1-20H;14-17,19-20H,4-13H2,1-3H3/q-1;/p+1. The summed E-state index contributed by atoms with van der Waals surface area (Å²) in [5, 5.41) is 1.75. The number of hydrogen-bond donors (Lipinski definition) is 0. The maximum absolute atomic E-state index is 2.53. The summed E-state index contributed by atoms with van der Waals surface area (Å²) in [5.74, 6) is 0. The Morgan fingerprint density at radius 3 is 1.02 bits per heavy atom. The molecule has 0 N–H and O–H groups in total. The zero-order chi connectivity index (χ0) is 33.2. The zero-order valence-corrected chi connectivity index (χ0v) is 30.7. The van der Waals surface area contributed by atoms with Crippen LogP contribution in [-0.2, 0) is 5.41 Å². The Morgan fingerprint density at radius 2 is 0.729 bits per heavy atom. The third-order valence-corrected chi connectivity index (χ3v) is 15.3. The van der Waals surface area contributed by atoms with Crippen LogP contribution in [0.1, 0.15) is 90.5 Å². The predicted molar refractivity (Wildman–Crippen MR) is 217 cm³/mol. The predicted octanol–water partition coefficient (Wildman–Crippen LogP) is 9.55. The summed E-state index contributed by atoms with van der Waals surface area (Å²) in [5.41, 5.74) is 9.24. The van der Waals surface area contributed by atoms with Gasteiger partial charge in [-0.2, -0.15) is 21.9 Å². The second kappa shape index (κ2) is 16.3. The van der Waals surface area contributed by atoms with Gasteiger partial charge in [0.05, 0.1) is 16.6 Å². The number of hydrogen-bond acceptors (Lipinski definition) is 0. The highest BCUT2D eigenvalue weighted by molar-refractivity contribution is 7.67. The van der Waals surface area contributed by atoms with E-state index < -0.39 is 6.15 Å². The molecule has 0 aromatic heterocycles. The fourth-order valence-electron chi connectivity index (χ4n) is 8.92. The molecule has 0 saturated heterocycles. The van der Waals surface area contributed by atoms with Crippen LogP contribution < -0.4 is 27.2 Å². The monoisotopic (exact) mass is 650 g/mol. The van der Waals surface area contributed by atoms with Crippen molar-refractivity contribution in [1.29, 1.82) is 0 Å². The van der Waals surface area contributed by atoms with E-state index in [9.17, 15) is 0 Å². The fourth-order valence-corrected chi connectivity index (χ4v) is 13.1. The first-order valence-corrected chi connectivity index (χ1v) is 20.5. The number of rotatable bonds is 7. The molecule has 0 heterocycles. The highest BCUT2D eigenvalue weighted by Crippen LogP contribution is 2.54. The maximum Gasteiger partial charge on any atom is 0.108 e. The van der Waals surface area contributed by atoms with Crippen LogP contribution in [0.5, 0.6) is 0 Å². The second-order valence-corrected chi connectivity index (χ2v) is 18.6. The van der Waals surface area contributed by atoms with Crippen LogP contribution in [0.15, 0.2) is 146 Å².